The Morgan fingerprint density at radius 1 is 0.909 bits per heavy atom. The van der Waals surface area contributed by atoms with Crippen LogP contribution >= 0.6 is 11.6 Å². The first-order valence-corrected chi connectivity index (χ1v) is 8.27. The van der Waals surface area contributed by atoms with E-state index in [0.29, 0.717) is 11.1 Å². The number of piperazine rings is 1. The van der Waals surface area contributed by atoms with Crippen LogP contribution < -0.4 is 9.80 Å². The molecule has 22 heavy (non-hydrogen) atoms. The van der Waals surface area contributed by atoms with Crippen LogP contribution in [-0.2, 0) is 0 Å². The molecule has 5 heteroatoms. The van der Waals surface area contributed by atoms with Gasteiger partial charge in [0.25, 0.3) is 0 Å². The van der Waals surface area contributed by atoms with Gasteiger partial charge in [0.05, 0.1) is 0 Å². The van der Waals surface area contributed by atoms with E-state index in [2.05, 4.69) is 45.1 Å². The highest BCUT2D eigenvalue weighted by Crippen LogP contribution is 2.39. The van der Waals surface area contributed by atoms with Crippen molar-refractivity contribution in [1.29, 1.82) is 0 Å². The average Bonchev–Trinajstić information content (AvgIpc) is 3.40. The van der Waals surface area contributed by atoms with Gasteiger partial charge in [-0.25, -0.2) is 9.97 Å². The van der Waals surface area contributed by atoms with Gasteiger partial charge in [0.15, 0.2) is 0 Å². The molecule has 1 aliphatic heterocycles. The van der Waals surface area contributed by atoms with Gasteiger partial charge in [0, 0.05) is 43.9 Å². The number of nitrogens with zero attached hydrogens (tertiary/aromatic N) is 4. The molecule has 0 N–H and O–H groups in total. The molecule has 1 aliphatic carbocycles. The van der Waals surface area contributed by atoms with Gasteiger partial charge in [-0.05, 0) is 25.0 Å². The van der Waals surface area contributed by atoms with Gasteiger partial charge in [0.1, 0.15) is 16.8 Å². The maximum Gasteiger partial charge on any atom is 0.135 e. The van der Waals surface area contributed by atoms with E-state index in [0.717, 1.165) is 37.8 Å². The molecule has 1 aromatic heterocycles. The zero-order valence-electron chi connectivity index (χ0n) is 12.5. The Labute approximate surface area is 135 Å². The molecule has 0 amide bonds. The standard InChI is InChI=1S/C17H19ClN4/c18-15-12-16(20-17(19-15)13-6-7-13)22-10-8-21(9-11-22)14-4-2-1-3-5-14/h1-5,12-13H,6-11H2. The Kier molecular flexibility index (Phi) is 3.62. The molecule has 0 spiro atoms. The fourth-order valence-electron chi connectivity index (χ4n) is 2.94. The molecule has 4 nitrogen and oxygen atoms in total. The van der Waals surface area contributed by atoms with Crippen molar-refractivity contribution in [2.75, 3.05) is 36.0 Å². The van der Waals surface area contributed by atoms with Crippen LogP contribution in [0, 0.1) is 0 Å². The van der Waals surface area contributed by atoms with Crippen molar-refractivity contribution in [1.82, 2.24) is 9.97 Å². The number of hydrogen-bond donors (Lipinski definition) is 0. The number of anilines is 2. The van der Waals surface area contributed by atoms with Crippen LogP contribution in [0.2, 0.25) is 5.15 Å². The SMILES string of the molecule is Clc1cc(N2CCN(c3ccccc3)CC2)nc(C2CC2)n1. The molecule has 0 atom stereocenters. The second kappa shape index (κ2) is 5.76. The van der Waals surface area contributed by atoms with Crippen LogP contribution in [0.15, 0.2) is 36.4 Å². The van der Waals surface area contributed by atoms with Crippen LogP contribution in [0.3, 0.4) is 0 Å². The third-order valence-electron chi connectivity index (χ3n) is 4.37. The summed E-state index contributed by atoms with van der Waals surface area (Å²) in [5, 5.41) is 0.567. The highest BCUT2D eigenvalue weighted by atomic mass is 35.5. The van der Waals surface area contributed by atoms with E-state index in [-0.39, 0.29) is 0 Å². The van der Waals surface area contributed by atoms with E-state index in [1.165, 1.54) is 18.5 Å². The van der Waals surface area contributed by atoms with Gasteiger partial charge in [0.2, 0.25) is 0 Å². The number of para-hydroxylation sites is 1. The number of benzene rings is 1. The van der Waals surface area contributed by atoms with Gasteiger partial charge < -0.3 is 9.80 Å². The van der Waals surface area contributed by atoms with Gasteiger partial charge in [-0.1, -0.05) is 29.8 Å². The van der Waals surface area contributed by atoms with E-state index < -0.39 is 0 Å². The number of hydrogen-bond acceptors (Lipinski definition) is 4. The van der Waals surface area contributed by atoms with Crippen molar-refractivity contribution in [2.24, 2.45) is 0 Å². The van der Waals surface area contributed by atoms with Crippen LogP contribution in [0.1, 0.15) is 24.6 Å². The third-order valence-corrected chi connectivity index (χ3v) is 4.56. The lowest BCUT2D eigenvalue weighted by Gasteiger charge is -2.36. The van der Waals surface area contributed by atoms with Crippen molar-refractivity contribution in [3.8, 4) is 0 Å². The monoisotopic (exact) mass is 314 g/mol. The maximum absolute atomic E-state index is 6.18. The second-order valence-electron chi connectivity index (χ2n) is 5.99. The van der Waals surface area contributed by atoms with Gasteiger partial charge in [-0.15, -0.1) is 0 Å². The predicted octanol–water partition coefficient (Wildman–Crippen LogP) is 3.33. The van der Waals surface area contributed by atoms with Crippen molar-refractivity contribution in [3.05, 3.63) is 47.4 Å². The maximum atomic E-state index is 6.18. The van der Waals surface area contributed by atoms with Crippen LogP contribution in [0.25, 0.3) is 0 Å². The van der Waals surface area contributed by atoms with Gasteiger partial charge in [-0.2, -0.15) is 0 Å². The molecular weight excluding hydrogens is 296 g/mol. The highest BCUT2D eigenvalue weighted by Gasteiger charge is 2.28. The lowest BCUT2D eigenvalue weighted by Crippen LogP contribution is -2.46. The summed E-state index contributed by atoms with van der Waals surface area (Å²) in [6.07, 6.45) is 2.39. The molecule has 2 fully saturated rings. The lowest BCUT2D eigenvalue weighted by molar-refractivity contribution is 0.644. The molecule has 0 radical (unpaired) electrons. The van der Waals surface area contributed by atoms with Crippen molar-refractivity contribution in [3.63, 3.8) is 0 Å². The molecule has 114 valence electrons. The molecule has 1 saturated heterocycles. The predicted molar refractivity (Wildman–Crippen MR) is 89.9 cm³/mol. The van der Waals surface area contributed by atoms with Gasteiger partial charge in [-0.3, -0.25) is 0 Å². The summed E-state index contributed by atoms with van der Waals surface area (Å²) < 4.78 is 0. The van der Waals surface area contributed by atoms with E-state index in [1.54, 1.807) is 0 Å². The van der Waals surface area contributed by atoms with E-state index in [9.17, 15) is 0 Å². The first-order valence-electron chi connectivity index (χ1n) is 7.89. The fraction of sp³-hybridized carbons (Fsp3) is 0.412. The molecule has 2 aromatic rings. The van der Waals surface area contributed by atoms with E-state index >= 15 is 0 Å². The van der Waals surface area contributed by atoms with Crippen LogP contribution in [0.5, 0.6) is 0 Å². The largest absolute Gasteiger partial charge is 0.368 e. The first kappa shape index (κ1) is 13.8. The third kappa shape index (κ3) is 2.88. The molecule has 0 bridgehead atoms. The Bertz CT molecular complexity index is 649. The number of halogens is 1. The lowest BCUT2D eigenvalue weighted by atomic mass is 10.2. The highest BCUT2D eigenvalue weighted by molar-refractivity contribution is 6.29. The fourth-order valence-corrected chi connectivity index (χ4v) is 3.13. The molecule has 1 saturated carbocycles. The minimum atomic E-state index is 0.531. The van der Waals surface area contributed by atoms with E-state index in [1.807, 2.05) is 6.07 Å². The topological polar surface area (TPSA) is 32.3 Å². The molecule has 0 unspecified atom stereocenters. The van der Waals surface area contributed by atoms with E-state index in [4.69, 9.17) is 16.6 Å². The summed E-state index contributed by atoms with van der Waals surface area (Å²) in [6.45, 7) is 3.94. The summed E-state index contributed by atoms with van der Waals surface area (Å²) in [5.74, 6) is 2.44. The van der Waals surface area contributed by atoms with Crippen molar-refractivity contribution in [2.45, 2.75) is 18.8 Å². The second-order valence-corrected chi connectivity index (χ2v) is 6.38. The minimum Gasteiger partial charge on any atom is -0.368 e. The molecule has 4 rings (SSSR count). The Hall–Kier alpha value is -1.81. The zero-order valence-corrected chi connectivity index (χ0v) is 13.2. The van der Waals surface area contributed by atoms with Crippen molar-refractivity contribution < 1.29 is 0 Å². The summed E-state index contributed by atoms with van der Waals surface area (Å²) in [5.41, 5.74) is 1.29. The zero-order chi connectivity index (χ0) is 14.9. The van der Waals surface area contributed by atoms with Crippen LogP contribution in [0.4, 0.5) is 11.5 Å². The molecule has 2 aliphatic rings. The Balaban J connectivity index is 1.47. The smallest absolute Gasteiger partial charge is 0.135 e. The van der Waals surface area contributed by atoms with Gasteiger partial charge >= 0.3 is 0 Å². The summed E-state index contributed by atoms with van der Waals surface area (Å²) in [4.78, 5) is 13.8. The summed E-state index contributed by atoms with van der Waals surface area (Å²) in [6, 6.07) is 12.5. The summed E-state index contributed by atoms with van der Waals surface area (Å²) in [7, 11) is 0. The number of aromatic nitrogens is 2. The minimum absolute atomic E-state index is 0.531. The van der Waals surface area contributed by atoms with Crippen LogP contribution in [-0.4, -0.2) is 36.1 Å². The molecule has 1 aromatic carbocycles. The molecular formula is C17H19ClN4. The van der Waals surface area contributed by atoms with Crippen molar-refractivity contribution >= 4 is 23.1 Å². The first-order chi connectivity index (χ1) is 10.8. The summed E-state index contributed by atoms with van der Waals surface area (Å²) >= 11 is 6.18. The average molecular weight is 315 g/mol. The normalized spacial score (nSPS) is 18.6. The number of rotatable bonds is 3. The Morgan fingerprint density at radius 3 is 2.27 bits per heavy atom. The quantitative estimate of drug-likeness (QED) is 0.813. The Morgan fingerprint density at radius 2 is 1.59 bits per heavy atom. The molecule has 2 heterocycles.